The molecule has 1 saturated heterocycles. The molecule has 1 aromatic carbocycles. The monoisotopic (exact) mass is 263 g/mol. The molecule has 4 N–H and O–H groups in total. The summed E-state index contributed by atoms with van der Waals surface area (Å²) in [4.78, 5) is 14.2. The molecule has 104 valence electrons. The lowest BCUT2D eigenvalue weighted by molar-refractivity contribution is -0.121. The number of nitrogens with one attached hydrogen (secondary N) is 1. The molecule has 5 nitrogen and oxygen atoms in total. The minimum Gasteiger partial charge on any atom is -0.395 e. The fraction of sp³-hybridized carbons (Fsp3) is 0.500. The zero-order valence-electron chi connectivity index (χ0n) is 11.0. The number of benzene rings is 1. The van der Waals surface area contributed by atoms with Gasteiger partial charge in [0.25, 0.3) is 0 Å². The summed E-state index contributed by atoms with van der Waals surface area (Å²) in [5.41, 5.74) is 6.58. The second-order valence-corrected chi connectivity index (χ2v) is 4.87. The van der Waals surface area contributed by atoms with E-state index in [4.69, 9.17) is 10.8 Å². The first-order valence-corrected chi connectivity index (χ1v) is 6.68. The summed E-state index contributed by atoms with van der Waals surface area (Å²) < 4.78 is 0. The molecular weight excluding hydrogens is 242 g/mol. The molecule has 1 heterocycles. The Bertz CT molecular complexity index is 410. The van der Waals surface area contributed by atoms with Crippen LogP contribution in [-0.4, -0.2) is 42.8 Å². The van der Waals surface area contributed by atoms with Crippen LogP contribution in [0.4, 0.5) is 5.69 Å². The second-order valence-electron chi connectivity index (χ2n) is 4.87. The van der Waals surface area contributed by atoms with Crippen molar-refractivity contribution >= 4 is 11.6 Å². The molecule has 0 saturated carbocycles. The molecule has 0 aromatic heterocycles. The van der Waals surface area contributed by atoms with E-state index in [0.29, 0.717) is 6.54 Å². The maximum atomic E-state index is 12.4. The Balaban J connectivity index is 1.98. The van der Waals surface area contributed by atoms with Gasteiger partial charge in [0.05, 0.1) is 12.6 Å². The van der Waals surface area contributed by atoms with Crippen LogP contribution in [0.5, 0.6) is 0 Å². The van der Waals surface area contributed by atoms with Crippen molar-refractivity contribution in [3.05, 3.63) is 30.3 Å². The Morgan fingerprint density at radius 3 is 2.84 bits per heavy atom. The van der Waals surface area contributed by atoms with Crippen LogP contribution < -0.4 is 16.0 Å². The third kappa shape index (κ3) is 3.53. The van der Waals surface area contributed by atoms with Crippen LogP contribution in [0.3, 0.4) is 0 Å². The lowest BCUT2D eigenvalue weighted by Gasteiger charge is -2.33. The van der Waals surface area contributed by atoms with Crippen molar-refractivity contribution in [2.75, 3.05) is 24.6 Å². The number of carbonyl (C=O) groups excluding carboxylic acids is 1. The van der Waals surface area contributed by atoms with Crippen LogP contribution in [-0.2, 0) is 4.79 Å². The van der Waals surface area contributed by atoms with Gasteiger partial charge >= 0.3 is 0 Å². The van der Waals surface area contributed by atoms with E-state index in [-0.39, 0.29) is 24.6 Å². The van der Waals surface area contributed by atoms with E-state index in [1.165, 1.54) is 0 Å². The summed E-state index contributed by atoms with van der Waals surface area (Å²) in [5, 5.41) is 12.0. The lowest BCUT2D eigenvalue weighted by Crippen LogP contribution is -2.53. The van der Waals surface area contributed by atoms with E-state index < -0.39 is 0 Å². The number of aliphatic hydroxyl groups is 1. The maximum Gasteiger partial charge on any atom is 0.244 e. The summed E-state index contributed by atoms with van der Waals surface area (Å²) in [6.07, 6.45) is 1.78. The number of carbonyl (C=O) groups is 1. The highest BCUT2D eigenvalue weighted by Crippen LogP contribution is 2.20. The van der Waals surface area contributed by atoms with Crippen molar-refractivity contribution in [1.82, 2.24) is 5.32 Å². The summed E-state index contributed by atoms with van der Waals surface area (Å²) in [7, 11) is 0. The van der Waals surface area contributed by atoms with Crippen molar-refractivity contribution in [3.8, 4) is 0 Å². The molecule has 0 radical (unpaired) electrons. The van der Waals surface area contributed by atoms with Crippen molar-refractivity contribution < 1.29 is 9.90 Å². The van der Waals surface area contributed by atoms with Crippen LogP contribution in [0.1, 0.15) is 12.8 Å². The number of amides is 1. The molecule has 1 aliphatic rings. The average molecular weight is 263 g/mol. The Kier molecular flexibility index (Phi) is 4.90. The van der Waals surface area contributed by atoms with Crippen LogP contribution >= 0.6 is 0 Å². The van der Waals surface area contributed by atoms with Gasteiger partial charge in [-0.3, -0.25) is 4.79 Å². The van der Waals surface area contributed by atoms with Crippen molar-refractivity contribution in [2.45, 2.75) is 24.9 Å². The molecule has 0 spiro atoms. The van der Waals surface area contributed by atoms with E-state index in [1.807, 2.05) is 35.2 Å². The normalized spacial score (nSPS) is 21.5. The summed E-state index contributed by atoms with van der Waals surface area (Å²) >= 11 is 0. The fourth-order valence-electron chi connectivity index (χ4n) is 2.29. The average Bonchev–Trinajstić information content (AvgIpc) is 2.46. The van der Waals surface area contributed by atoms with Gasteiger partial charge < -0.3 is 21.1 Å². The standard InChI is InChI=1S/C14H21N3O2/c15-11(10-18)9-16-13-7-4-8-17(14(13)19)12-5-2-1-3-6-12/h1-3,5-6,11,13,16,18H,4,7-10,15H2. The molecule has 2 unspecified atom stereocenters. The number of hydrogen-bond acceptors (Lipinski definition) is 4. The molecule has 19 heavy (non-hydrogen) atoms. The molecule has 1 amide bonds. The van der Waals surface area contributed by atoms with Crippen molar-refractivity contribution in [3.63, 3.8) is 0 Å². The van der Waals surface area contributed by atoms with Gasteiger partial charge in [-0.05, 0) is 25.0 Å². The van der Waals surface area contributed by atoms with Crippen molar-refractivity contribution in [1.29, 1.82) is 0 Å². The number of aliphatic hydroxyl groups excluding tert-OH is 1. The number of piperidine rings is 1. The van der Waals surface area contributed by atoms with Gasteiger partial charge in [0.1, 0.15) is 0 Å². The fourth-order valence-corrected chi connectivity index (χ4v) is 2.29. The zero-order chi connectivity index (χ0) is 13.7. The summed E-state index contributed by atoms with van der Waals surface area (Å²) in [5.74, 6) is 0.0857. The predicted molar refractivity (Wildman–Crippen MR) is 74.9 cm³/mol. The third-order valence-corrected chi connectivity index (χ3v) is 3.37. The minimum absolute atomic E-state index is 0.0731. The van der Waals surface area contributed by atoms with E-state index in [9.17, 15) is 4.79 Å². The minimum atomic E-state index is -0.320. The maximum absolute atomic E-state index is 12.4. The number of nitrogens with two attached hydrogens (primary N) is 1. The van der Waals surface area contributed by atoms with Gasteiger partial charge in [0.2, 0.25) is 5.91 Å². The molecule has 2 rings (SSSR count). The topological polar surface area (TPSA) is 78.6 Å². The molecule has 0 aliphatic carbocycles. The first-order chi connectivity index (χ1) is 9.22. The van der Waals surface area contributed by atoms with E-state index in [2.05, 4.69) is 5.32 Å². The molecule has 2 atom stereocenters. The van der Waals surface area contributed by atoms with Crippen LogP contribution in [0.25, 0.3) is 0 Å². The SMILES string of the molecule is NC(CO)CNC1CCCN(c2ccccc2)C1=O. The van der Waals surface area contributed by atoms with E-state index in [1.54, 1.807) is 0 Å². The van der Waals surface area contributed by atoms with Gasteiger partial charge in [-0.15, -0.1) is 0 Å². The molecule has 1 aromatic rings. The van der Waals surface area contributed by atoms with Gasteiger partial charge in [-0.2, -0.15) is 0 Å². The molecule has 5 heteroatoms. The number of para-hydroxylation sites is 1. The lowest BCUT2D eigenvalue weighted by atomic mass is 10.0. The van der Waals surface area contributed by atoms with Crippen LogP contribution in [0.2, 0.25) is 0 Å². The third-order valence-electron chi connectivity index (χ3n) is 3.37. The van der Waals surface area contributed by atoms with E-state index >= 15 is 0 Å². The van der Waals surface area contributed by atoms with Crippen LogP contribution in [0, 0.1) is 0 Å². The highest BCUT2D eigenvalue weighted by molar-refractivity contribution is 5.97. The van der Waals surface area contributed by atoms with Gasteiger partial charge in [-0.1, -0.05) is 18.2 Å². The highest BCUT2D eigenvalue weighted by atomic mass is 16.3. The molecule has 1 aliphatic heterocycles. The first-order valence-electron chi connectivity index (χ1n) is 6.68. The zero-order valence-corrected chi connectivity index (χ0v) is 11.0. The van der Waals surface area contributed by atoms with Crippen molar-refractivity contribution in [2.24, 2.45) is 5.73 Å². The number of hydrogen-bond donors (Lipinski definition) is 3. The summed E-state index contributed by atoms with van der Waals surface area (Å²) in [6.45, 7) is 1.14. The number of nitrogens with zero attached hydrogens (tertiary/aromatic N) is 1. The smallest absolute Gasteiger partial charge is 0.244 e. The van der Waals surface area contributed by atoms with E-state index in [0.717, 1.165) is 25.1 Å². The van der Waals surface area contributed by atoms with Gasteiger partial charge in [-0.25, -0.2) is 0 Å². The predicted octanol–water partition coefficient (Wildman–Crippen LogP) is 0.0912. The molecule has 1 fully saturated rings. The highest BCUT2D eigenvalue weighted by Gasteiger charge is 2.29. The Hall–Kier alpha value is -1.43. The molecular formula is C14H21N3O2. The Labute approximate surface area is 113 Å². The summed E-state index contributed by atoms with van der Waals surface area (Å²) in [6, 6.07) is 9.17. The largest absolute Gasteiger partial charge is 0.395 e. The number of anilines is 1. The van der Waals surface area contributed by atoms with Gasteiger partial charge in [0.15, 0.2) is 0 Å². The molecule has 0 bridgehead atoms. The second kappa shape index (κ2) is 6.65. The Morgan fingerprint density at radius 2 is 2.16 bits per heavy atom. The quantitative estimate of drug-likeness (QED) is 0.703. The van der Waals surface area contributed by atoms with Gasteiger partial charge in [0, 0.05) is 24.8 Å². The first kappa shape index (κ1) is 14.0. The Morgan fingerprint density at radius 1 is 1.42 bits per heavy atom. The van der Waals surface area contributed by atoms with Crippen LogP contribution in [0.15, 0.2) is 30.3 Å². The number of rotatable bonds is 5.